The van der Waals surface area contributed by atoms with Crippen LogP contribution in [0.1, 0.15) is 58.4 Å². The van der Waals surface area contributed by atoms with Crippen LogP contribution in [-0.4, -0.2) is 29.6 Å². The molecule has 1 N–H and O–H groups in total. The van der Waals surface area contributed by atoms with Gasteiger partial charge in [0.15, 0.2) is 0 Å². The van der Waals surface area contributed by atoms with Gasteiger partial charge in [-0.2, -0.15) is 0 Å². The number of phenolic OH excluding ortho intramolecular Hbond substituents is 1. The lowest BCUT2D eigenvalue weighted by Gasteiger charge is -2.45. The number of rotatable bonds is 6. The molecule has 2 unspecified atom stereocenters. The second-order valence-electron chi connectivity index (χ2n) is 7.21. The number of phenols is 1. The minimum absolute atomic E-state index is 0.0148. The van der Waals surface area contributed by atoms with Gasteiger partial charge in [-0.1, -0.05) is 63.2 Å². The molecule has 2 atom stereocenters. The van der Waals surface area contributed by atoms with E-state index in [0.717, 1.165) is 25.1 Å². The van der Waals surface area contributed by atoms with E-state index in [0.29, 0.717) is 16.0 Å². The molecule has 1 aliphatic rings. The summed E-state index contributed by atoms with van der Waals surface area (Å²) in [6.45, 7) is 10.2. The number of unbranched alkanes of at least 4 members (excludes halogenated alkanes) is 3. The minimum Gasteiger partial charge on any atom is -0.506 e. The lowest BCUT2D eigenvalue weighted by Crippen LogP contribution is -2.47. The highest BCUT2D eigenvalue weighted by Gasteiger charge is 2.39. The normalized spacial score (nSPS) is 25.7. The topological polar surface area (TPSA) is 23.5 Å². The number of hydrogen-bond donors (Lipinski definition) is 1. The van der Waals surface area contributed by atoms with Crippen molar-refractivity contribution in [2.75, 3.05) is 19.6 Å². The largest absolute Gasteiger partial charge is 0.506 e. The van der Waals surface area contributed by atoms with Gasteiger partial charge in [-0.3, -0.25) is 0 Å². The minimum atomic E-state index is -0.0148. The van der Waals surface area contributed by atoms with Crippen molar-refractivity contribution in [3.05, 3.63) is 27.7 Å². The molecular weight excluding hydrogens is 329 g/mol. The summed E-state index contributed by atoms with van der Waals surface area (Å²) in [5, 5.41) is 11.0. The summed E-state index contributed by atoms with van der Waals surface area (Å²) in [7, 11) is 0. The van der Waals surface area contributed by atoms with Crippen LogP contribution in [0.3, 0.4) is 0 Å². The third-order valence-corrected chi connectivity index (χ3v) is 6.16. The smallest absolute Gasteiger partial charge is 0.134 e. The van der Waals surface area contributed by atoms with Crippen LogP contribution in [0.25, 0.3) is 0 Å². The van der Waals surface area contributed by atoms with E-state index in [2.05, 4.69) is 25.7 Å². The van der Waals surface area contributed by atoms with Crippen LogP contribution in [-0.2, 0) is 5.41 Å². The van der Waals surface area contributed by atoms with Gasteiger partial charge in [-0.05, 0) is 55.0 Å². The molecule has 0 aliphatic carbocycles. The second kappa shape index (κ2) is 8.09. The molecule has 1 fully saturated rings. The SMILES string of the molecule is CCCCCCN1CCC(C)(c2cc(O)c(Cl)cc2Cl)C(C)C1. The third-order valence-electron chi connectivity index (χ3n) is 5.55. The molecule has 4 heteroatoms. The number of halogens is 2. The Labute approximate surface area is 150 Å². The molecule has 1 saturated heterocycles. The van der Waals surface area contributed by atoms with Crippen molar-refractivity contribution in [3.63, 3.8) is 0 Å². The fraction of sp³-hybridized carbons (Fsp3) is 0.684. The number of aromatic hydroxyl groups is 1. The molecule has 0 amide bonds. The summed E-state index contributed by atoms with van der Waals surface area (Å²) in [5.41, 5.74) is 1.01. The van der Waals surface area contributed by atoms with E-state index in [4.69, 9.17) is 23.2 Å². The molecule has 1 aliphatic heterocycles. The van der Waals surface area contributed by atoms with Crippen molar-refractivity contribution in [1.82, 2.24) is 4.90 Å². The Balaban J connectivity index is 2.05. The Morgan fingerprint density at radius 3 is 2.61 bits per heavy atom. The van der Waals surface area contributed by atoms with Crippen molar-refractivity contribution in [2.24, 2.45) is 5.92 Å². The van der Waals surface area contributed by atoms with Gasteiger partial charge in [0.1, 0.15) is 5.75 Å². The molecule has 0 bridgehead atoms. The molecule has 0 aromatic heterocycles. The zero-order valence-electron chi connectivity index (χ0n) is 14.5. The van der Waals surface area contributed by atoms with Crippen LogP contribution in [0.15, 0.2) is 12.1 Å². The second-order valence-corrected chi connectivity index (χ2v) is 8.03. The van der Waals surface area contributed by atoms with Gasteiger partial charge in [0.05, 0.1) is 5.02 Å². The van der Waals surface area contributed by atoms with E-state index in [1.165, 1.54) is 32.2 Å². The predicted octanol–water partition coefficient (Wildman–Crippen LogP) is 5.88. The average Bonchev–Trinajstić information content (AvgIpc) is 2.51. The molecule has 23 heavy (non-hydrogen) atoms. The first-order valence-electron chi connectivity index (χ1n) is 8.79. The molecule has 0 spiro atoms. The first kappa shape index (κ1) is 18.9. The number of nitrogens with zero attached hydrogens (tertiary/aromatic N) is 1. The summed E-state index contributed by atoms with van der Waals surface area (Å²) in [4.78, 5) is 2.58. The van der Waals surface area contributed by atoms with Gasteiger partial charge < -0.3 is 10.0 Å². The molecule has 1 heterocycles. The number of hydrogen-bond acceptors (Lipinski definition) is 2. The summed E-state index contributed by atoms with van der Waals surface area (Å²) < 4.78 is 0. The molecule has 1 aromatic carbocycles. The Morgan fingerprint density at radius 1 is 1.22 bits per heavy atom. The van der Waals surface area contributed by atoms with E-state index in [9.17, 15) is 5.11 Å². The predicted molar refractivity (Wildman–Crippen MR) is 99.8 cm³/mol. The first-order valence-corrected chi connectivity index (χ1v) is 9.55. The van der Waals surface area contributed by atoms with E-state index in [1.807, 2.05) is 0 Å². The summed E-state index contributed by atoms with van der Waals surface area (Å²) in [5.74, 6) is 0.613. The Morgan fingerprint density at radius 2 is 1.96 bits per heavy atom. The zero-order chi connectivity index (χ0) is 17.0. The Hall–Kier alpha value is -0.440. The lowest BCUT2D eigenvalue weighted by molar-refractivity contribution is 0.109. The Bertz CT molecular complexity index is 534. The van der Waals surface area contributed by atoms with Crippen molar-refractivity contribution < 1.29 is 5.11 Å². The standard InChI is InChI=1S/C19H29Cl2NO/c1-4-5-6-7-9-22-10-8-19(3,14(2)13-22)15-11-18(23)17(21)12-16(15)20/h11-12,14,23H,4-10,13H2,1-3H3. The molecule has 2 nitrogen and oxygen atoms in total. The molecule has 0 saturated carbocycles. The van der Waals surface area contributed by atoms with Crippen molar-refractivity contribution in [1.29, 1.82) is 0 Å². The lowest BCUT2D eigenvalue weighted by atomic mass is 9.68. The maximum absolute atomic E-state index is 9.97. The van der Waals surface area contributed by atoms with Gasteiger partial charge in [0.25, 0.3) is 0 Å². The molecule has 2 rings (SSSR count). The number of piperidine rings is 1. The van der Waals surface area contributed by atoms with E-state index in [1.54, 1.807) is 12.1 Å². The maximum atomic E-state index is 9.97. The van der Waals surface area contributed by atoms with Crippen molar-refractivity contribution in [2.45, 2.75) is 58.3 Å². The fourth-order valence-corrected chi connectivity index (χ4v) is 4.26. The van der Waals surface area contributed by atoms with Gasteiger partial charge in [-0.25, -0.2) is 0 Å². The van der Waals surface area contributed by atoms with E-state index in [-0.39, 0.29) is 11.2 Å². The Kier molecular flexibility index (Phi) is 6.65. The molecule has 130 valence electrons. The van der Waals surface area contributed by atoms with Crippen molar-refractivity contribution in [3.8, 4) is 5.75 Å². The zero-order valence-corrected chi connectivity index (χ0v) is 16.1. The number of benzene rings is 1. The highest BCUT2D eigenvalue weighted by Crippen LogP contribution is 2.45. The highest BCUT2D eigenvalue weighted by atomic mass is 35.5. The average molecular weight is 358 g/mol. The van der Waals surface area contributed by atoms with Gasteiger partial charge in [-0.15, -0.1) is 0 Å². The first-order chi connectivity index (χ1) is 10.9. The molecular formula is C19H29Cl2NO. The van der Waals surface area contributed by atoms with Crippen LogP contribution >= 0.6 is 23.2 Å². The van der Waals surface area contributed by atoms with E-state index >= 15 is 0 Å². The summed E-state index contributed by atoms with van der Waals surface area (Å²) in [6.07, 6.45) is 6.30. The van der Waals surface area contributed by atoms with Gasteiger partial charge in [0.2, 0.25) is 0 Å². The monoisotopic (exact) mass is 357 g/mol. The number of likely N-dealkylation sites (tertiary alicyclic amines) is 1. The van der Waals surface area contributed by atoms with Crippen molar-refractivity contribution >= 4 is 23.2 Å². The van der Waals surface area contributed by atoms with Crippen LogP contribution in [0.4, 0.5) is 0 Å². The quantitative estimate of drug-likeness (QED) is 0.642. The molecule has 0 radical (unpaired) electrons. The van der Waals surface area contributed by atoms with E-state index < -0.39 is 0 Å². The van der Waals surface area contributed by atoms with Crippen LogP contribution in [0.5, 0.6) is 5.75 Å². The summed E-state index contributed by atoms with van der Waals surface area (Å²) in [6, 6.07) is 3.43. The third kappa shape index (κ3) is 4.35. The van der Waals surface area contributed by atoms with Gasteiger partial charge in [0, 0.05) is 11.6 Å². The van der Waals surface area contributed by atoms with Crippen LogP contribution in [0.2, 0.25) is 10.0 Å². The highest BCUT2D eigenvalue weighted by molar-refractivity contribution is 6.36. The molecule has 1 aromatic rings. The summed E-state index contributed by atoms with van der Waals surface area (Å²) >= 11 is 12.4. The van der Waals surface area contributed by atoms with Crippen LogP contribution < -0.4 is 0 Å². The van der Waals surface area contributed by atoms with Gasteiger partial charge >= 0.3 is 0 Å². The maximum Gasteiger partial charge on any atom is 0.134 e. The fourth-order valence-electron chi connectivity index (χ4n) is 3.66. The van der Waals surface area contributed by atoms with Crippen LogP contribution in [0, 0.1) is 5.92 Å².